The van der Waals surface area contributed by atoms with Crippen LogP contribution in [-0.2, 0) is 0 Å². The van der Waals surface area contributed by atoms with E-state index >= 15 is 0 Å². The van der Waals surface area contributed by atoms with Gasteiger partial charge < -0.3 is 5.21 Å². The van der Waals surface area contributed by atoms with E-state index in [-0.39, 0.29) is 7.43 Å². The molecule has 0 aliphatic rings. The molecular weight excluding hydrogens is 54.0 g/mol. The van der Waals surface area contributed by atoms with Crippen LogP contribution in [-0.4, -0.2) is 7.05 Å². The highest BCUT2D eigenvalue weighted by molar-refractivity contribution is 4.14. The molecular formula is C2H3NO. The second-order valence-electron chi connectivity index (χ2n) is 0.183. The Morgan fingerprint density at radius 1 is 1.75 bits per heavy atom. The summed E-state index contributed by atoms with van der Waals surface area (Å²) < 4.78 is 0. The molecule has 0 aromatic heterocycles. The molecule has 0 fully saturated rings. The highest BCUT2D eigenvalue weighted by atomic mass is 16.5. The molecule has 6 radical (unpaired) electrons. The summed E-state index contributed by atoms with van der Waals surface area (Å²) in [5.74, 6) is 0. The fourth-order valence-electron chi connectivity index (χ4n) is 0. The van der Waals surface area contributed by atoms with Gasteiger partial charge in [-0.05, 0) is 0 Å². The predicted molar refractivity (Wildman–Crippen MR) is 14.7 cm³/mol. The number of hydrogen-bond donors (Lipinski definition) is 0. The van der Waals surface area contributed by atoms with E-state index in [0.717, 1.165) is 0 Å². The first-order valence-corrected chi connectivity index (χ1v) is 0.630. The van der Waals surface area contributed by atoms with E-state index in [9.17, 15) is 0 Å². The Kier molecular flexibility index (Phi) is 28.8. The van der Waals surface area contributed by atoms with Crippen molar-refractivity contribution in [3.63, 3.8) is 0 Å². The molecule has 22 valence electrons. The van der Waals surface area contributed by atoms with Crippen LogP contribution in [0.15, 0.2) is 0 Å². The van der Waals surface area contributed by atoms with Crippen molar-refractivity contribution >= 4 is 0 Å². The first-order chi connectivity index (χ1) is 1.41. The zero-order chi connectivity index (χ0) is 2.71. The van der Waals surface area contributed by atoms with Gasteiger partial charge in [0, 0.05) is 12.9 Å². The van der Waals surface area contributed by atoms with Crippen LogP contribution >= 0.6 is 0 Å². The molecule has 0 unspecified atom stereocenters. The van der Waals surface area contributed by atoms with Gasteiger partial charge in [0.1, 0.15) is 0 Å². The predicted octanol–water partition coefficient (Wildman–Crippen LogP) is -0.200. The molecule has 4 heavy (non-hydrogen) atoms. The van der Waals surface area contributed by atoms with E-state index < -0.39 is 0 Å². The highest BCUT2D eigenvalue weighted by Crippen LogP contribution is 1.15. The highest BCUT2D eigenvalue weighted by Gasteiger charge is 1.39. The molecule has 0 amide bonds. The standard InChI is InChI=1S/CH3NO.C/c1-2-3;/h1H3;. The maximum atomic E-state index is 8.56. The fourth-order valence-corrected chi connectivity index (χ4v) is 0. The lowest BCUT2D eigenvalue weighted by Crippen LogP contribution is -1.71. The summed E-state index contributed by atoms with van der Waals surface area (Å²) in [6, 6.07) is 0. The summed E-state index contributed by atoms with van der Waals surface area (Å²) in [5.41, 5.74) is 2.25. The summed E-state index contributed by atoms with van der Waals surface area (Å²) in [7, 11) is 1.19. The Morgan fingerprint density at radius 2 is 1.75 bits per heavy atom. The topological polar surface area (TPSA) is 37.2 Å². The van der Waals surface area contributed by atoms with E-state index in [1.165, 1.54) is 7.05 Å². The Hall–Kier alpha value is -0.0800. The van der Waals surface area contributed by atoms with E-state index in [0.29, 0.717) is 0 Å². The Morgan fingerprint density at radius 3 is 1.75 bits per heavy atom. The third kappa shape index (κ3) is 254. The zero-order valence-corrected chi connectivity index (χ0v) is 2.36. The van der Waals surface area contributed by atoms with Crippen LogP contribution in [0.2, 0.25) is 0 Å². The summed E-state index contributed by atoms with van der Waals surface area (Å²) in [6.07, 6.45) is 0. The lowest BCUT2D eigenvalue weighted by molar-refractivity contribution is 1.09. The van der Waals surface area contributed by atoms with Gasteiger partial charge in [-0.25, -0.2) is 0 Å². The van der Waals surface area contributed by atoms with Gasteiger partial charge >= 0.3 is 0 Å². The quantitative estimate of drug-likeness (QED) is 0.355. The summed E-state index contributed by atoms with van der Waals surface area (Å²) in [4.78, 5) is 0. The molecule has 0 aromatic rings. The number of rotatable bonds is 0. The normalized spacial score (nSPS) is 4.50. The Labute approximate surface area is 26.4 Å². The molecule has 0 saturated heterocycles. The second-order valence-corrected chi connectivity index (χ2v) is 0.183. The minimum Gasteiger partial charge on any atom is -0.521 e. The van der Waals surface area contributed by atoms with Crippen LogP contribution in [0, 0.1) is 12.6 Å². The van der Waals surface area contributed by atoms with Crippen LogP contribution in [0.25, 0.3) is 0 Å². The molecule has 0 saturated carbocycles. The van der Waals surface area contributed by atoms with Gasteiger partial charge in [0.05, 0.1) is 0 Å². The Bertz CT molecular complexity index is 6.00. The van der Waals surface area contributed by atoms with Gasteiger partial charge in [-0.2, -0.15) is 0 Å². The van der Waals surface area contributed by atoms with E-state index in [2.05, 4.69) is 5.48 Å². The van der Waals surface area contributed by atoms with E-state index in [1.807, 2.05) is 0 Å². The number of nitrogens with zero attached hydrogens (tertiary/aromatic N) is 1. The minimum absolute atomic E-state index is 0. The molecule has 2 nitrogen and oxygen atoms in total. The van der Waals surface area contributed by atoms with Gasteiger partial charge in [0.2, 0.25) is 0 Å². The molecule has 0 N–H and O–H groups in total. The molecule has 0 heterocycles. The Balaban J connectivity index is 0. The second kappa shape index (κ2) is 12.7. The molecule has 0 bridgehead atoms. The molecule has 0 atom stereocenters. The van der Waals surface area contributed by atoms with Gasteiger partial charge in [-0.15, -0.1) is 0 Å². The third-order valence-corrected chi connectivity index (χ3v) is 0. The largest absolute Gasteiger partial charge is 0.521 e. The molecule has 0 rings (SSSR count). The lowest BCUT2D eigenvalue weighted by Gasteiger charge is -1.53. The summed E-state index contributed by atoms with van der Waals surface area (Å²) >= 11 is 0. The zero-order valence-electron chi connectivity index (χ0n) is 2.36. The van der Waals surface area contributed by atoms with Gasteiger partial charge in [-0.3, -0.25) is 0 Å². The van der Waals surface area contributed by atoms with Crippen LogP contribution in [0.3, 0.4) is 0 Å². The SMILES string of the molecule is C[N+][O-].[C]. The monoisotopic (exact) mass is 57.0 g/mol. The maximum absolute atomic E-state index is 8.56. The van der Waals surface area contributed by atoms with Crippen molar-refractivity contribution in [2.24, 2.45) is 0 Å². The van der Waals surface area contributed by atoms with Crippen LogP contribution in [0.5, 0.6) is 0 Å². The summed E-state index contributed by atoms with van der Waals surface area (Å²) in [5, 5.41) is 8.56. The van der Waals surface area contributed by atoms with Gasteiger partial charge in [-0.1, -0.05) is 0 Å². The average Bonchev–Trinajstić information content (AvgIpc) is 0.918. The molecule has 0 spiro atoms. The van der Waals surface area contributed by atoms with Crippen molar-refractivity contribution < 1.29 is 0 Å². The van der Waals surface area contributed by atoms with Crippen molar-refractivity contribution in [3.8, 4) is 0 Å². The molecule has 0 aromatic carbocycles. The van der Waals surface area contributed by atoms with Crippen LogP contribution in [0.4, 0.5) is 0 Å². The van der Waals surface area contributed by atoms with Crippen molar-refractivity contribution in [1.29, 1.82) is 0 Å². The number of hydroxylamine groups is 1. The van der Waals surface area contributed by atoms with E-state index in [1.54, 1.807) is 0 Å². The van der Waals surface area contributed by atoms with Crippen molar-refractivity contribution in [3.05, 3.63) is 12.6 Å². The summed E-state index contributed by atoms with van der Waals surface area (Å²) in [6.45, 7) is 0. The first kappa shape index (κ1) is 9.07. The van der Waals surface area contributed by atoms with Crippen LogP contribution in [0.1, 0.15) is 0 Å². The fraction of sp³-hybridized carbons (Fsp3) is 0.500. The third-order valence-electron chi connectivity index (χ3n) is 0. The number of hydrogen-bond acceptors (Lipinski definition) is 1. The van der Waals surface area contributed by atoms with Gasteiger partial charge in [0.15, 0.2) is 7.05 Å². The van der Waals surface area contributed by atoms with Crippen molar-refractivity contribution in [2.75, 3.05) is 7.05 Å². The van der Waals surface area contributed by atoms with E-state index in [4.69, 9.17) is 5.21 Å². The maximum Gasteiger partial charge on any atom is 0.177 e. The average molecular weight is 57.1 g/mol. The van der Waals surface area contributed by atoms with Crippen molar-refractivity contribution in [2.45, 2.75) is 0 Å². The van der Waals surface area contributed by atoms with Crippen molar-refractivity contribution in [1.82, 2.24) is 5.48 Å². The lowest BCUT2D eigenvalue weighted by atomic mass is 11.6. The first-order valence-electron chi connectivity index (χ1n) is 0.630. The molecule has 0 aliphatic carbocycles. The van der Waals surface area contributed by atoms with Gasteiger partial charge in [0.25, 0.3) is 0 Å². The van der Waals surface area contributed by atoms with Crippen LogP contribution < -0.4 is 5.48 Å². The molecule has 0 aliphatic heterocycles. The smallest absolute Gasteiger partial charge is 0.177 e. The molecule has 2 heteroatoms. The minimum atomic E-state index is 0.